The number of hydrogen-bond acceptors (Lipinski definition) is 3. The maximum absolute atomic E-state index is 9.13. The molecule has 1 fully saturated rings. The molecule has 0 aromatic heterocycles. The lowest BCUT2D eigenvalue weighted by atomic mass is 9.98. The summed E-state index contributed by atoms with van der Waals surface area (Å²) in [7, 11) is 0. The van der Waals surface area contributed by atoms with Gasteiger partial charge in [0.05, 0.1) is 11.1 Å². The Morgan fingerprint density at radius 3 is 2.50 bits per heavy atom. The molecule has 0 saturated heterocycles. The van der Waals surface area contributed by atoms with Gasteiger partial charge in [-0.15, -0.1) is 18.0 Å². The van der Waals surface area contributed by atoms with Crippen LogP contribution in [0.3, 0.4) is 0 Å². The van der Waals surface area contributed by atoms with Crippen molar-refractivity contribution in [3.63, 3.8) is 0 Å². The molecule has 1 atom stereocenters. The van der Waals surface area contributed by atoms with Crippen molar-refractivity contribution in [1.29, 1.82) is 0 Å². The van der Waals surface area contributed by atoms with Crippen LogP contribution in [0.2, 0.25) is 0 Å². The number of oxime groups is 1. The van der Waals surface area contributed by atoms with Crippen molar-refractivity contribution in [2.24, 2.45) is 5.16 Å². The van der Waals surface area contributed by atoms with Gasteiger partial charge in [-0.05, 0) is 19.3 Å². The molecule has 5 heteroatoms. The van der Waals surface area contributed by atoms with E-state index in [9.17, 15) is 0 Å². The fourth-order valence-electron chi connectivity index (χ4n) is 1.07. The van der Waals surface area contributed by atoms with Gasteiger partial charge >= 0.3 is 5.97 Å². The molecule has 14 heavy (non-hydrogen) atoms. The van der Waals surface area contributed by atoms with Crippen LogP contribution in [-0.2, 0) is 4.79 Å². The SMILES string of the molecule is C#CC(=O)O.O/N=C1/CCCCC1Cl. The first-order valence-corrected chi connectivity index (χ1v) is 4.60. The van der Waals surface area contributed by atoms with Gasteiger partial charge in [-0.2, -0.15) is 0 Å². The van der Waals surface area contributed by atoms with Gasteiger partial charge in [0.2, 0.25) is 0 Å². The van der Waals surface area contributed by atoms with Crippen LogP contribution >= 0.6 is 11.6 Å². The highest BCUT2D eigenvalue weighted by Crippen LogP contribution is 2.19. The molecular weight excluding hydrogens is 206 g/mol. The molecular formula is C9H12ClNO3. The number of terminal acetylenes is 1. The number of rotatable bonds is 0. The highest BCUT2D eigenvalue weighted by molar-refractivity contribution is 6.32. The molecule has 4 nitrogen and oxygen atoms in total. The van der Waals surface area contributed by atoms with Crippen molar-refractivity contribution >= 4 is 23.3 Å². The Morgan fingerprint density at radius 2 is 2.21 bits per heavy atom. The minimum absolute atomic E-state index is 0.0104. The predicted octanol–water partition coefficient (Wildman–Crippen LogP) is 1.70. The number of carboxylic acids is 1. The zero-order valence-corrected chi connectivity index (χ0v) is 8.37. The van der Waals surface area contributed by atoms with Gasteiger partial charge in [0.1, 0.15) is 0 Å². The van der Waals surface area contributed by atoms with Crippen molar-refractivity contribution in [3.05, 3.63) is 0 Å². The number of nitrogens with zero attached hydrogens (tertiary/aromatic N) is 1. The molecule has 1 aliphatic carbocycles. The molecule has 1 unspecified atom stereocenters. The molecule has 0 heterocycles. The first-order valence-electron chi connectivity index (χ1n) is 4.16. The lowest BCUT2D eigenvalue weighted by molar-refractivity contribution is -0.130. The maximum atomic E-state index is 9.13. The standard InChI is InChI=1S/C6H10ClNO.C3H2O2/c7-5-3-1-2-4-6(5)8-9;1-2-3(4)5/h5,9H,1-4H2;1H,(H,4,5)/b8-6-;. The Morgan fingerprint density at radius 1 is 1.64 bits per heavy atom. The van der Waals surface area contributed by atoms with Crippen LogP contribution in [0, 0.1) is 12.3 Å². The van der Waals surface area contributed by atoms with E-state index in [-0.39, 0.29) is 5.38 Å². The van der Waals surface area contributed by atoms with E-state index in [4.69, 9.17) is 26.7 Å². The Kier molecular flexibility index (Phi) is 6.59. The predicted molar refractivity (Wildman–Crippen MR) is 53.8 cm³/mol. The second-order valence-electron chi connectivity index (χ2n) is 2.75. The van der Waals surface area contributed by atoms with Crippen LogP contribution in [0.1, 0.15) is 25.7 Å². The largest absolute Gasteiger partial charge is 0.472 e. The van der Waals surface area contributed by atoms with Gasteiger partial charge in [-0.3, -0.25) is 0 Å². The third-order valence-corrected chi connectivity index (χ3v) is 2.22. The minimum Gasteiger partial charge on any atom is -0.472 e. The zero-order chi connectivity index (χ0) is 11.0. The number of halogens is 1. The second-order valence-corrected chi connectivity index (χ2v) is 3.28. The van der Waals surface area contributed by atoms with Gasteiger partial charge < -0.3 is 10.3 Å². The molecule has 0 aromatic rings. The molecule has 0 bridgehead atoms. The van der Waals surface area contributed by atoms with Crippen LogP contribution < -0.4 is 0 Å². The summed E-state index contributed by atoms with van der Waals surface area (Å²) < 4.78 is 0. The molecule has 0 aliphatic heterocycles. The molecule has 0 spiro atoms. The molecule has 0 amide bonds. The van der Waals surface area contributed by atoms with E-state index in [0.29, 0.717) is 0 Å². The number of aliphatic carboxylic acids is 1. The quantitative estimate of drug-likeness (QED) is 0.281. The van der Waals surface area contributed by atoms with E-state index in [1.165, 1.54) is 5.92 Å². The van der Waals surface area contributed by atoms with Crippen molar-refractivity contribution < 1.29 is 15.1 Å². The summed E-state index contributed by atoms with van der Waals surface area (Å²) >= 11 is 5.79. The highest BCUT2D eigenvalue weighted by Gasteiger charge is 2.17. The van der Waals surface area contributed by atoms with Crippen molar-refractivity contribution in [2.45, 2.75) is 31.1 Å². The minimum atomic E-state index is -1.22. The lowest BCUT2D eigenvalue weighted by Crippen LogP contribution is -2.18. The zero-order valence-electron chi connectivity index (χ0n) is 7.61. The smallest absolute Gasteiger partial charge is 0.381 e. The first kappa shape index (κ1) is 12.8. The average Bonchev–Trinajstić information content (AvgIpc) is 2.19. The van der Waals surface area contributed by atoms with Crippen LogP contribution in [0.15, 0.2) is 5.16 Å². The van der Waals surface area contributed by atoms with Crippen molar-refractivity contribution in [1.82, 2.24) is 0 Å². The van der Waals surface area contributed by atoms with Crippen LogP contribution in [0.25, 0.3) is 0 Å². The Balaban J connectivity index is 0.000000292. The summed E-state index contributed by atoms with van der Waals surface area (Å²) in [5.41, 5.74) is 0.753. The maximum Gasteiger partial charge on any atom is 0.381 e. The summed E-state index contributed by atoms with van der Waals surface area (Å²) in [6, 6.07) is 0. The fourth-order valence-corrected chi connectivity index (χ4v) is 1.37. The van der Waals surface area contributed by atoms with Gasteiger partial charge in [0, 0.05) is 5.92 Å². The van der Waals surface area contributed by atoms with Gasteiger partial charge in [-0.1, -0.05) is 11.6 Å². The molecule has 0 aromatic carbocycles. The second kappa shape index (κ2) is 7.22. The Labute approximate surface area is 87.6 Å². The van der Waals surface area contributed by atoms with E-state index in [1.807, 2.05) is 0 Å². The molecule has 2 N–H and O–H groups in total. The number of carboxylic acid groups (broad SMARTS) is 1. The van der Waals surface area contributed by atoms with Crippen LogP contribution in [0.4, 0.5) is 0 Å². The van der Waals surface area contributed by atoms with E-state index >= 15 is 0 Å². The highest BCUT2D eigenvalue weighted by atomic mass is 35.5. The first-order chi connectivity index (χ1) is 6.61. The molecule has 1 saturated carbocycles. The third kappa shape index (κ3) is 5.44. The summed E-state index contributed by atoms with van der Waals surface area (Å²) in [5, 5.41) is 19.0. The monoisotopic (exact) mass is 217 g/mol. The normalized spacial score (nSPS) is 23.1. The Hall–Kier alpha value is -1.21. The summed E-state index contributed by atoms with van der Waals surface area (Å²) in [6.45, 7) is 0. The van der Waals surface area contributed by atoms with E-state index < -0.39 is 5.97 Å². The van der Waals surface area contributed by atoms with Gasteiger partial charge in [0.25, 0.3) is 0 Å². The van der Waals surface area contributed by atoms with Crippen molar-refractivity contribution in [3.8, 4) is 12.3 Å². The Bertz CT molecular complexity index is 257. The number of hydrogen-bond donors (Lipinski definition) is 2. The molecule has 1 aliphatic rings. The van der Waals surface area contributed by atoms with Crippen LogP contribution in [0.5, 0.6) is 0 Å². The third-order valence-electron chi connectivity index (χ3n) is 1.75. The number of alkyl halides is 1. The summed E-state index contributed by atoms with van der Waals surface area (Å²) in [4.78, 5) is 9.13. The summed E-state index contributed by atoms with van der Waals surface area (Å²) in [5.74, 6) is 0.227. The molecule has 0 radical (unpaired) electrons. The molecule has 78 valence electrons. The fraction of sp³-hybridized carbons (Fsp3) is 0.556. The average molecular weight is 218 g/mol. The summed E-state index contributed by atoms with van der Waals surface area (Å²) in [6.07, 6.45) is 8.42. The topological polar surface area (TPSA) is 69.9 Å². The lowest BCUT2D eigenvalue weighted by Gasteiger charge is -2.15. The molecule has 1 rings (SSSR count). The van der Waals surface area contributed by atoms with Gasteiger partial charge in [0.15, 0.2) is 0 Å². The van der Waals surface area contributed by atoms with E-state index in [2.05, 4.69) is 11.6 Å². The van der Waals surface area contributed by atoms with E-state index in [1.54, 1.807) is 0 Å². The van der Waals surface area contributed by atoms with Gasteiger partial charge in [-0.25, -0.2) is 4.79 Å². The van der Waals surface area contributed by atoms with Crippen molar-refractivity contribution in [2.75, 3.05) is 0 Å². The van der Waals surface area contributed by atoms with E-state index in [0.717, 1.165) is 31.4 Å². The van der Waals surface area contributed by atoms with Crippen LogP contribution in [-0.4, -0.2) is 27.4 Å². The number of carbonyl (C=O) groups is 1.